The first-order valence-electron chi connectivity index (χ1n) is 15.6. The van der Waals surface area contributed by atoms with Gasteiger partial charge in [-0.2, -0.15) is 0 Å². The summed E-state index contributed by atoms with van der Waals surface area (Å²) in [6.07, 6.45) is 4.67. The molecule has 48 heavy (non-hydrogen) atoms. The number of hydrogen-bond donors (Lipinski definition) is 3. The number of benzene rings is 2. The van der Waals surface area contributed by atoms with Gasteiger partial charge in [-0.25, -0.2) is 18.7 Å². The summed E-state index contributed by atoms with van der Waals surface area (Å²) in [6.45, 7) is 1.29. The number of nitrogens with one attached hydrogen (secondary N) is 3. The average molecular weight is 699 g/mol. The Hall–Kier alpha value is -3.97. The van der Waals surface area contributed by atoms with Crippen LogP contribution in [0.5, 0.6) is 11.8 Å². The standard InChI is InChI=1S/C34H35Cl2F2N7O3/c1-47-32-27(15-39-14-20-9-10-29(46)43-20)41-16-25(44-32)23-7-3-5-21(30(23)35)22-6-4-8-24(31(22)36)26-17-42-28(33(45-26)48-2)18-40-19-11-12-34(37,38)13-19/h3-8,16-17,19-20,39-40H,9-15,18H2,1-2H3,(H,43,46). The highest BCUT2D eigenvalue weighted by Gasteiger charge is 2.39. The Kier molecular flexibility index (Phi) is 10.4. The van der Waals surface area contributed by atoms with Gasteiger partial charge < -0.3 is 25.4 Å². The molecule has 6 rings (SSSR count). The molecule has 0 radical (unpaired) electrons. The second-order valence-corrected chi connectivity index (χ2v) is 12.6. The van der Waals surface area contributed by atoms with Crippen molar-refractivity contribution >= 4 is 29.1 Å². The van der Waals surface area contributed by atoms with E-state index >= 15 is 0 Å². The van der Waals surface area contributed by atoms with Gasteiger partial charge in [-0.3, -0.25) is 14.8 Å². The van der Waals surface area contributed by atoms with Crippen LogP contribution < -0.4 is 25.4 Å². The number of rotatable bonds is 12. The molecule has 2 aromatic heterocycles. The van der Waals surface area contributed by atoms with Gasteiger partial charge in [0.1, 0.15) is 11.4 Å². The molecular weight excluding hydrogens is 663 g/mol. The molecule has 3 N–H and O–H groups in total. The fourth-order valence-electron chi connectivity index (χ4n) is 6.06. The molecule has 14 heteroatoms. The maximum atomic E-state index is 13.6. The van der Waals surface area contributed by atoms with Crippen LogP contribution in [0, 0.1) is 0 Å². The summed E-state index contributed by atoms with van der Waals surface area (Å²) in [6, 6.07) is 10.9. The first-order chi connectivity index (χ1) is 23.2. The van der Waals surface area contributed by atoms with Gasteiger partial charge in [0.05, 0.1) is 48.0 Å². The van der Waals surface area contributed by atoms with E-state index in [1.807, 2.05) is 36.4 Å². The van der Waals surface area contributed by atoms with E-state index in [0.717, 1.165) is 6.42 Å². The number of alkyl halides is 2. The van der Waals surface area contributed by atoms with Gasteiger partial charge in [0.25, 0.3) is 0 Å². The third-order valence-corrected chi connectivity index (χ3v) is 9.39. The van der Waals surface area contributed by atoms with Crippen LogP contribution in [0.2, 0.25) is 10.0 Å². The third-order valence-electron chi connectivity index (χ3n) is 8.58. The molecule has 0 spiro atoms. The maximum Gasteiger partial charge on any atom is 0.249 e. The predicted octanol–water partition coefficient (Wildman–Crippen LogP) is 6.24. The summed E-state index contributed by atoms with van der Waals surface area (Å²) in [5.41, 5.74) is 4.78. The average Bonchev–Trinajstić information content (AvgIpc) is 3.67. The van der Waals surface area contributed by atoms with E-state index in [4.69, 9.17) is 37.7 Å². The zero-order chi connectivity index (χ0) is 33.8. The summed E-state index contributed by atoms with van der Waals surface area (Å²) < 4.78 is 38.3. The van der Waals surface area contributed by atoms with Crippen LogP contribution >= 0.6 is 23.2 Å². The number of ether oxygens (including phenoxy) is 2. The Balaban J connectivity index is 1.21. The summed E-state index contributed by atoms with van der Waals surface area (Å²) in [7, 11) is 3.03. The Morgan fingerprint density at radius 1 is 0.875 bits per heavy atom. The number of carbonyl (C=O) groups excluding carboxylic acids is 1. The van der Waals surface area contributed by atoms with Crippen molar-refractivity contribution in [3.8, 4) is 45.4 Å². The van der Waals surface area contributed by atoms with Crippen LogP contribution in [0.3, 0.4) is 0 Å². The molecule has 3 heterocycles. The lowest BCUT2D eigenvalue weighted by Crippen LogP contribution is -2.35. The van der Waals surface area contributed by atoms with E-state index in [0.29, 0.717) is 86.9 Å². The van der Waals surface area contributed by atoms with Crippen LogP contribution in [0.4, 0.5) is 8.78 Å². The van der Waals surface area contributed by atoms with E-state index in [1.54, 1.807) is 12.4 Å². The zero-order valence-electron chi connectivity index (χ0n) is 26.5. The van der Waals surface area contributed by atoms with Gasteiger partial charge in [-0.1, -0.05) is 59.6 Å². The van der Waals surface area contributed by atoms with Crippen molar-refractivity contribution in [1.82, 2.24) is 35.9 Å². The quantitative estimate of drug-likeness (QED) is 0.158. The van der Waals surface area contributed by atoms with Crippen molar-refractivity contribution in [2.45, 2.75) is 63.2 Å². The van der Waals surface area contributed by atoms with Gasteiger partial charge in [-0.15, -0.1) is 0 Å². The molecule has 0 bridgehead atoms. The van der Waals surface area contributed by atoms with Crippen molar-refractivity contribution in [3.63, 3.8) is 0 Å². The van der Waals surface area contributed by atoms with Gasteiger partial charge in [0, 0.05) is 73.2 Å². The van der Waals surface area contributed by atoms with Gasteiger partial charge in [-0.05, 0) is 12.8 Å². The molecule has 10 nitrogen and oxygen atoms in total. The lowest BCUT2D eigenvalue weighted by atomic mass is 9.98. The molecule has 2 atom stereocenters. The minimum absolute atomic E-state index is 0.0705. The Morgan fingerprint density at radius 2 is 1.44 bits per heavy atom. The molecule has 2 fully saturated rings. The fourth-order valence-corrected chi connectivity index (χ4v) is 6.71. The first-order valence-corrected chi connectivity index (χ1v) is 16.4. The zero-order valence-corrected chi connectivity index (χ0v) is 28.0. The van der Waals surface area contributed by atoms with Crippen molar-refractivity contribution in [1.29, 1.82) is 0 Å². The summed E-state index contributed by atoms with van der Waals surface area (Å²) in [5.74, 6) is -1.92. The molecule has 4 aromatic rings. The fraction of sp³-hybridized carbons (Fsp3) is 0.382. The highest BCUT2D eigenvalue weighted by atomic mass is 35.5. The third kappa shape index (κ3) is 7.52. The minimum atomic E-state index is -2.64. The summed E-state index contributed by atoms with van der Waals surface area (Å²) in [5, 5.41) is 10.2. The van der Waals surface area contributed by atoms with Crippen molar-refractivity contribution in [2.24, 2.45) is 0 Å². The molecule has 252 valence electrons. The predicted molar refractivity (Wildman–Crippen MR) is 179 cm³/mol. The molecule has 1 amide bonds. The summed E-state index contributed by atoms with van der Waals surface area (Å²) >= 11 is 14.0. The number of aromatic nitrogens is 4. The monoisotopic (exact) mass is 697 g/mol. The van der Waals surface area contributed by atoms with Crippen LogP contribution in [0.1, 0.15) is 43.5 Å². The van der Waals surface area contributed by atoms with Crippen molar-refractivity contribution < 1.29 is 23.0 Å². The van der Waals surface area contributed by atoms with Crippen LogP contribution in [0.25, 0.3) is 33.6 Å². The lowest BCUT2D eigenvalue weighted by Gasteiger charge is -2.16. The molecule has 2 aliphatic rings. The topological polar surface area (TPSA) is 123 Å². The normalized spacial score (nSPS) is 18.6. The summed E-state index contributed by atoms with van der Waals surface area (Å²) in [4.78, 5) is 30.0. The number of carbonyl (C=O) groups is 1. The molecule has 1 saturated carbocycles. The Bertz CT molecular complexity index is 1810. The van der Waals surface area contributed by atoms with Crippen molar-refractivity contribution in [2.75, 3.05) is 20.8 Å². The number of halogens is 4. The number of hydrogen-bond acceptors (Lipinski definition) is 9. The van der Waals surface area contributed by atoms with E-state index < -0.39 is 5.92 Å². The largest absolute Gasteiger partial charge is 0.480 e. The first kappa shape index (κ1) is 33.9. The Morgan fingerprint density at radius 3 is 1.94 bits per heavy atom. The maximum absolute atomic E-state index is 13.6. The highest BCUT2D eigenvalue weighted by molar-refractivity contribution is 6.39. The van der Waals surface area contributed by atoms with Gasteiger partial charge in [0.15, 0.2) is 0 Å². The smallest absolute Gasteiger partial charge is 0.249 e. The van der Waals surface area contributed by atoms with Crippen LogP contribution in [0.15, 0.2) is 48.8 Å². The minimum Gasteiger partial charge on any atom is -0.480 e. The van der Waals surface area contributed by atoms with Gasteiger partial charge in [0.2, 0.25) is 23.6 Å². The van der Waals surface area contributed by atoms with Crippen molar-refractivity contribution in [3.05, 3.63) is 70.2 Å². The number of methoxy groups -OCH3 is 2. The molecule has 2 aromatic carbocycles. The lowest BCUT2D eigenvalue weighted by molar-refractivity contribution is -0.119. The highest BCUT2D eigenvalue weighted by Crippen LogP contribution is 2.42. The molecule has 1 saturated heterocycles. The van der Waals surface area contributed by atoms with Crippen LogP contribution in [-0.2, 0) is 17.9 Å². The second-order valence-electron chi connectivity index (χ2n) is 11.9. The van der Waals surface area contributed by atoms with E-state index in [-0.39, 0.29) is 43.3 Å². The second kappa shape index (κ2) is 14.7. The van der Waals surface area contributed by atoms with Crippen LogP contribution in [-0.4, -0.2) is 64.6 Å². The Labute approximate surface area is 287 Å². The molecule has 1 aliphatic heterocycles. The number of nitrogens with zero attached hydrogens (tertiary/aromatic N) is 4. The molecular formula is C34H35Cl2F2N7O3. The molecule has 1 aliphatic carbocycles. The SMILES string of the molecule is COc1nc(-c2cccc(-c3cccc(-c4cnc(CNC5CCC(F)(F)C5)c(OC)n4)c3Cl)c2Cl)cnc1CNCC1CCC(=O)N1. The molecule has 2 unspecified atom stereocenters. The van der Waals surface area contributed by atoms with Gasteiger partial charge >= 0.3 is 0 Å². The van der Waals surface area contributed by atoms with E-state index in [9.17, 15) is 13.6 Å². The van der Waals surface area contributed by atoms with E-state index in [1.165, 1.54) is 14.2 Å². The van der Waals surface area contributed by atoms with E-state index in [2.05, 4.69) is 30.9 Å². The number of amides is 1.